The van der Waals surface area contributed by atoms with Gasteiger partial charge in [0, 0.05) is 38.3 Å². The van der Waals surface area contributed by atoms with E-state index in [0.29, 0.717) is 18.5 Å². The molecule has 15 heavy (non-hydrogen) atoms. The molecule has 1 N–H and O–H groups in total. The van der Waals surface area contributed by atoms with E-state index >= 15 is 0 Å². The minimum Gasteiger partial charge on any atom is -0.308 e. The number of hydrogen-bond acceptors (Lipinski definition) is 4. The topological polar surface area (TPSA) is 42.3 Å². The summed E-state index contributed by atoms with van der Waals surface area (Å²) in [6.45, 7) is 6.47. The molecule has 0 radical (unpaired) electrons. The molecule has 2 unspecified atom stereocenters. The number of nitriles is 1. The quantitative estimate of drug-likeness (QED) is 0.716. The van der Waals surface area contributed by atoms with Crippen LogP contribution >= 0.6 is 0 Å². The van der Waals surface area contributed by atoms with Crippen molar-refractivity contribution in [1.82, 2.24) is 15.1 Å². The molecule has 1 heterocycles. The SMILES string of the molecule is CC1CN(CCN(C)C)CC(CC#N)N1. The zero-order chi connectivity index (χ0) is 11.3. The van der Waals surface area contributed by atoms with Gasteiger partial charge < -0.3 is 10.2 Å². The Morgan fingerprint density at radius 1 is 1.47 bits per heavy atom. The molecule has 0 saturated carbocycles. The molecule has 4 nitrogen and oxygen atoms in total. The molecule has 1 rings (SSSR count). The van der Waals surface area contributed by atoms with Crippen molar-refractivity contribution in [3.8, 4) is 6.07 Å². The van der Waals surface area contributed by atoms with Gasteiger partial charge in [-0.25, -0.2) is 0 Å². The highest BCUT2D eigenvalue weighted by molar-refractivity contribution is 4.89. The molecule has 86 valence electrons. The summed E-state index contributed by atoms with van der Waals surface area (Å²) in [6, 6.07) is 3.09. The second-order valence-corrected chi connectivity index (χ2v) is 4.69. The number of rotatable bonds is 4. The third-order valence-corrected chi connectivity index (χ3v) is 2.73. The van der Waals surface area contributed by atoms with Gasteiger partial charge in [-0.2, -0.15) is 5.26 Å². The summed E-state index contributed by atoms with van der Waals surface area (Å²) in [5, 5.41) is 12.1. The first kappa shape index (κ1) is 12.4. The van der Waals surface area contributed by atoms with Crippen molar-refractivity contribution >= 4 is 0 Å². The molecule has 0 aliphatic carbocycles. The molecule has 0 aromatic rings. The van der Waals surface area contributed by atoms with E-state index < -0.39 is 0 Å². The number of nitrogens with zero attached hydrogens (tertiary/aromatic N) is 3. The highest BCUT2D eigenvalue weighted by Gasteiger charge is 2.23. The van der Waals surface area contributed by atoms with Crippen LogP contribution in [0.3, 0.4) is 0 Å². The predicted molar refractivity (Wildman–Crippen MR) is 61.6 cm³/mol. The molecule has 2 atom stereocenters. The first-order valence-electron chi connectivity index (χ1n) is 5.62. The van der Waals surface area contributed by atoms with Crippen molar-refractivity contribution in [2.45, 2.75) is 25.4 Å². The average molecular weight is 210 g/mol. The van der Waals surface area contributed by atoms with Crippen LogP contribution in [0.25, 0.3) is 0 Å². The first-order valence-corrected chi connectivity index (χ1v) is 5.62. The van der Waals surface area contributed by atoms with E-state index in [2.05, 4.69) is 42.2 Å². The number of hydrogen-bond donors (Lipinski definition) is 1. The van der Waals surface area contributed by atoms with Crippen molar-refractivity contribution in [2.24, 2.45) is 0 Å². The normalized spacial score (nSPS) is 27.9. The van der Waals surface area contributed by atoms with Gasteiger partial charge in [-0.1, -0.05) is 0 Å². The van der Waals surface area contributed by atoms with Crippen molar-refractivity contribution in [2.75, 3.05) is 40.3 Å². The summed E-state index contributed by atoms with van der Waals surface area (Å²) >= 11 is 0. The lowest BCUT2D eigenvalue weighted by Gasteiger charge is -2.37. The Balaban J connectivity index is 2.35. The van der Waals surface area contributed by atoms with Gasteiger partial charge in [0.15, 0.2) is 0 Å². The zero-order valence-electron chi connectivity index (χ0n) is 10.0. The maximum Gasteiger partial charge on any atom is 0.0638 e. The third kappa shape index (κ3) is 4.61. The zero-order valence-corrected chi connectivity index (χ0v) is 10.0. The summed E-state index contributed by atoms with van der Waals surface area (Å²) in [5.41, 5.74) is 0. The minimum atomic E-state index is 0.348. The number of piperazine rings is 1. The number of likely N-dealkylation sites (N-methyl/N-ethyl adjacent to an activating group) is 1. The van der Waals surface area contributed by atoms with Gasteiger partial charge in [0.2, 0.25) is 0 Å². The highest BCUT2D eigenvalue weighted by Crippen LogP contribution is 2.06. The second kappa shape index (κ2) is 6.06. The standard InChI is InChI=1S/C11H22N4/c1-10-8-15(7-6-14(2)3)9-11(13-10)4-5-12/h10-11,13H,4,6-9H2,1-3H3. The van der Waals surface area contributed by atoms with Crippen molar-refractivity contribution in [3.05, 3.63) is 0 Å². The van der Waals surface area contributed by atoms with Gasteiger partial charge in [-0.15, -0.1) is 0 Å². The van der Waals surface area contributed by atoms with Crippen LogP contribution in [0.1, 0.15) is 13.3 Å². The molecular weight excluding hydrogens is 188 g/mol. The van der Waals surface area contributed by atoms with Gasteiger partial charge in [0.1, 0.15) is 0 Å². The third-order valence-electron chi connectivity index (χ3n) is 2.73. The van der Waals surface area contributed by atoms with Crippen molar-refractivity contribution < 1.29 is 0 Å². The van der Waals surface area contributed by atoms with Crippen LogP contribution in [-0.4, -0.2) is 62.2 Å². The molecule has 0 spiro atoms. The van der Waals surface area contributed by atoms with Crippen LogP contribution in [0.2, 0.25) is 0 Å². The average Bonchev–Trinajstić information content (AvgIpc) is 2.14. The van der Waals surface area contributed by atoms with E-state index in [1.807, 2.05) is 0 Å². The van der Waals surface area contributed by atoms with Gasteiger partial charge in [0.05, 0.1) is 12.5 Å². The monoisotopic (exact) mass is 210 g/mol. The van der Waals surface area contributed by atoms with E-state index in [0.717, 1.165) is 26.2 Å². The first-order chi connectivity index (χ1) is 7.11. The fourth-order valence-corrected chi connectivity index (χ4v) is 2.04. The van der Waals surface area contributed by atoms with Crippen LogP contribution in [0.4, 0.5) is 0 Å². The highest BCUT2D eigenvalue weighted by atomic mass is 15.2. The molecule has 1 aliphatic rings. The Morgan fingerprint density at radius 2 is 2.20 bits per heavy atom. The van der Waals surface area contributed by atoms with E-state index in [-0.39, 0.29) is 0 Å². The molecule has 0 aromatic heterocycles. The maximum atomic E-state index is 8.69. The summed E-state index contributed by atoms with van der Waals surface area (Å²) in [5.74, 6) is 0. The lowest BCUT2D eigenvalue weighted by molar-refractivity contribution is 0.156. The van der Waals surface area contributed by atoms with E-state index in [4.69, 9.17) is 5.26 Å². The van der Waals surface area contributed by atoms with Crippen molar-refractivity contribution in [1.29, 1.82) is 5.26 Å². The predicted octanol–water partition coefficient (Wildman–Crippen LogP) is 0.124. The van der Waals surface area contributed by atoms with Crippen molar-refractivity contribution in [3.63, 3.8) is 0 Å². The van der Waals surface area contributed by atoms with Crippen LogP contribution < -0.4 is 5.32 Å². The lowest BCUT2D eigenvalue weighted by Crippen LogP contribution is -2.56. The Kier molecular flexibility index (Phi) is 5.03. The molecule has 1 fully saturated rings. The molecule has 0 bridgehead atoms. The Hall–Kier alpha value is -0.630. The van der Waals surface area contributed by atoms with E-state index in [9.17, 15) is 0 Å². The molecular formula is C11H22N4. The smallest absolute Gasteiger partial charge is 0.0638 e. The van der Waals surface area contributed by atoms with Gasteiger partial charge >= 0.3 is 0 Å². The van der Waals surface area contributed by atoms with Gasteiger partial charge in [-0.05, 0) is 21.0 Å². The molecule has 4 heteroatoms. The molecule has 1 aliphatic heterocycles. The molecule has 0 amide bonds. The van der Waals surface area contributed by atoms with Crippen LogP contribution in [0.5, 0.6) is 0 Å². The molecule has 1 saturated heterocycles. The fraction of sp³-hybridized carbons (Fsp3) is 0.909. The Bertz CT molecular complexity index is 221. The van der Waals surface area contributed by atoms with Crippen LogP contribution in [-0.2, 0) is 0 Å². The maximum absolute atomic E-state index is 8.69. The fourth-order valence-electron chi connectivity index (χ4n) is 2.04. The summed E-state index contributed by atoms with van der Waals surface area (Å²) in [6.07, 6.45) is 0.614. The summed E-state index contributed by atoms with van der Waals surface area (Å²) in [7, 11) is 4.19. The largest absolute Gasteiger partial charge is 0.308 e. The van der Waals surface area contributed by atoms with Crippen LogP contribution in [0.15, 0.2) is 0 Å². The molecule has 0 aromatic carbocycles. The second-order valence-electron chi connectivity index (χ2n) is 4.69. The van der Waals surface area contributed by atoms with Crippen LogP contribution in [0, 0.1) is 11.3 Å². The van der Waals surface area contributed by atoms with Gasteiger partial charge in [0.25, 0.3) is 0 Å². The van der Waals surface area contributed by atoms with E-state index in [1.165, 1.54) is 0 Å². The van der Waals surface area contributed by atoms with Gasteiger partial charge in [-0.3, -0.25) is 4.90 Å². The van der Waals surface area contributed by atoms with E-state index in [1.54, 1.807) is 0 Å². The summed E-state index contributed by atoms with van der Waals surface area (Å²) in [4.78, 5) is 4.65. The minimum absolute atomic E-state index is 0.348. The Labute approximate surface area is 92.8 Å². The summed E-state index contributed by atoms with van der Waals surface area (Å²) < 4.78 is 0. The lowest BCUT2D eigenvalue weighted by atomic mass is 10.1. The number of nitrogens with one attached hydrogen (secondary N) is 1. The Morgan fingerprint density at radius 3 is 2.80 bits per heavy atom.